The van der Waals surface area contributed by atoms with Crippen molar-refractivity contribution in [2.75, 3.05) is 46.4 Å². The number of fused-ring (bicyclic) bond motifs is 1. The van der Waals surface area contributed by atoms with Gasteiger partial charge in [-0.2, -0.15) is 0 Å². The summed E-state index contributed by atoms with van der Waals surface area (Å²) in [6.07, 6.45) is 10.4. The highest BCUT2D eigenvalue weighted by atomic mass is 16.5. The van der Waals surface area contributed by atoms with Crippen molar-refractivity contribution in [3.8, 4) is 17.2 Å². The second-order valence-corrected chi connectivity index (χ2v) is 15.0. The summed E-state index contributed by atoms with van der Waals surface area (Å²) in [4.78, 5) is 11.7. The Bertz CT molecular complexity index is 1250. The molecule has 50 heavy (non-hydrogen) atoms. The minimum atomic E-state index is -0.697. The number of phenols is 1. The second-order valence-electron chi connectivity index (χ2n) is 15.0. The average Bonchev–Trinajstić information content (AvgIpc) is 3.07. The molecule has 0 saturated carbocycles. The summed E-state index contributed by atoms with van der Waals surface area (Å²) < 4.78 is 11.3. The smallest absolute Gasteiger partial charge is 0.160 e. The molecule has 0 spiro atoms. The molecule has 0 amide bonds. The number of aliphatic hydroxyl groups excluding tert-OH is 1. The number of benzene rings is 2. The van der Waals surface area contributed by atoms with Crippen LogP contribution in [0.5, 0.6) is 17.2 Å². The number of methoxy groups -OCH3 is 1. The fourth-order valence-corrected chi connectivity index (χ4v) is 6.40. The molecule has 0 radical (unpaired) electrons. The predicted molar refractivity (Wildman–Crippen MR) is 207 cm³/mol. The van der Waals surface area contributed by atoms with Gasteiger partial charge in [-0.3, -0.25) is 0 Å². The Kier molecular flexibility index (Phi) is 20.0. The monoisotopic (exact) mass is 699 g/mol. The van der Waals surface area contributed by atoms with E-state index in [0.29, 0.717) is 12.2 Å². The van der Waals surface area contributed by atoms with Gasteiger partial charge in [-0.05, 0) is 127 Å². The molecule has 3 rings (SSSR count). The molecule has 7 N–H and O–H groups in total. The number of unbranched alkanes of at least 4 members (excludes halogenated alkanes) is 4. The van der Waals surface area contributed by atoms with Gasteiger partial charge in [0.1, 0.15) is 23.2 Å². The summed E-state index contributed by atoms with van der Waals surface area (Å²) in [6, 6.07) is 11.8. The van der Waals surface area contributed by atoms with Crippen molar-refractivity contribution < 1.29 is 24.5 Å². The number of aromatic hydroxyl groups is 1. The number of ether oxygens (including phenoxy) is 2. The van der Waals surface area contributed by atoms with E-state index in [1.165, 1.54) is 44.1 Å². The van der Waals surface area contributed by atoms with E-state index >= 15 is 0 Å². The number of aliphatic hydroxyl groups is 1. The maximum Gasteiger partial charge on any atom is 0.160 e. The van der Waals surface area contributed by atoms with E-state index in [-0.39, 0.29) is 22.9 Å². The molecule has 0 aliphatic carbocycles. The van der Waals surface area contributed by atoms with E-state index in [1.54, 1.807) is 20.1 Å². The summed E-state index contributed by atoms with van der Waals surface area (Å²) in [5.41, 5.74) is 8.16. The maximum atomic E-state index is 11.7. The van der Waals surface area contributed by atoms with Gasteiger partial charge in [0, 0.05) is 24.4 Å². The molecule has 2 aromatic rings. The van der Waals surface area contributed by atoms with Crippen molar-refractivity contribution in [3.05, 3.63) is 53.1 Å². The van der Waals surface area contributed by atoms with Crippen LogP contribution in [-0.2, 0) is 16.8 Å². The standard InChI is InChI=1S/C23H36O3.C18H34N4O2/c1-7-8-9-10-13-22(3,4)17-11-12-18-19(14-16(2)24)21(25)23(5,6)26-20(18)15-17;1-24-18-14-16(6-7-17(18)23)15-22-13-5-12-21-10-3-2-9-20-11-4-8-19/h11-12,15,19,21,25H,7-10,13-14H2,1-6H3;6-7,14,20-23H,2-5,8-13,15,19H2,1H3. The SMILES string of the molecule is CCCCCCC(C)(C)c1ccc2c(c1)OC(C)(C)C(O)C2CC(C)=O.COc1cc(CNCCCNCCCCNCCCN)ccc1O. The predicted octanol–water partition coefficient (Wildman–Crippen LogP) is 6.72. The number of carbonyl (C=O) groups is 1. The Morgan fingerprint density at radius 2 is 1.58 bits per heavy atom. The van der Waals surface area contributed by atoms with E-state index in [2.05, 4.69) is 54.9 Å². The largest absolute Gasteiger partial charge is 0.504 e. The van der Waals surface area contributed by atoms with Crippen LogP contribution in [0.15, 0.2) is 36.4 Å². The zero-order valence-electron chi connectivity index (χ0n) is 32.3. The van der Waals surface area contributed by atoms with Crippen molar-refractivity contribution in [1.29, 1.82) is 0 Å². The van der Waals surface area contributed by atoms with Gasteiger partial charge in [0.05, 0.1) is 7.11 Å². The van der Waals surface area contributed by atoms with Crippen molar-refractivity contribution in [1.82, 2.24) is 16.0 Å². The Hall–Kier alpha value is -2.69. The minimum Gasteiger partial charge on any atom is -0.504 e. The molecule has 284 valence electrons. The molecule has 2 aromatic carbocycles. The topological polar surface area (TPSA) is 138 Å². The molecule has 2 atom stereocenters. The Labute approximate surface area is 303 Å². The first-order valence-electron chi connectivity index (χ1n) is 19.0. The van der Waals surface area contributed by atoms with Crippen LogP contribution in [0.25, 0.3) is 0 Å². The maximum absolute atomic E-state index is 11.7. The van der Waals surface area contributed by atoms with E-state index in [9.17, 15) is 15.0 Å². The molecule has 0 saturated heterocycles. The first-order valence-corrected chi connectivity index (χ1v) is 19.0. The first kappa shape index (κ1) is 43.5. The number of hydrogen-bond acceptors (Lipinski definition) is 9. The van der Waals surface area contributed by atoms with E-state index in [4.69, 9.17) is 15.2 Å². The lowest BCUT2D eigenvalue weighted by atomic mass is 9.75. The third kappa shape index (κ3) is 15.3. The van der Waals surface area contributed by atoms with Crippen LogP contribution in [-0.4, -0.2) is 74.1 Å². The molecular weight excluding hydrogens is 628 g/mol. The third-order valence-corrected chi connectivity index (χ3v) is 9.62. The quantitative estimate of drug-likeness (QED) is 0.0699. The molecular formula is C41H70N4O5. The summed E-state index contributed by atoms with van der Waals surface area (Å²) in [5.74, 6) is 1.42. The van der Waals surface area contributed by atoms with Crippen molar-refractivity contribution in [2.45, 2.75) is 135 Å². The van der Waals surface area contributed by atoms with E-state index < -0.39 is 11.7 Å². The van der Waals surface area contributed by atoms with Crippen LogP contribution in [0.1, 0.15) is 128 Å². The number of ketones is 1. The van der Waals surface area contributed by atoms with Gasteiger partial charge in [0.2, 0.25) is 0 Å². The number of carbonyl (C=O) groups excluding carboxylic acids is 1. The van der Waals surface area contributed by atoms with Crippen LogP contribution in [0, 0.1) is 0 Å². The molecule has 1 heterocycles. The minimum absolute atomic E-state index is 0.0857. The average molecular weight is 699 g/mol. The molecule has 0 bridgehead atoms. The summed E-state index contributed by atoms with van der Waals surface area (Å²) in [6.45, 7) is 18.9. The highest BCUT2D eigenvalue weighted by Gasteiger charge is 2.43. The van der Waals surface area contributed by atoms with Crippen LogP contribution in [0.3, 0.4) is 0 Å². The lowest BCUT2D eigenvalue weighted by Gasteiger charge is -2.42. The number of Topliss-reactive ketones (excluding diaryl/α,β-unsaturated/α-hetero) is 1. The van der Waals surface area contributed by atoms with Crippen molar-refractivity contribution in [3.63, 3.8) is 0 Å². The molecule has 9 heteroatoms. The second kappa shape index (κ2) is 23.0. The molecule has 9 nitrogen and oxygen atoms in total. The van der Waals surface area contributed by atoms with Gasteiger partial charge < -0.3 is 46.2 Å². The number of rotatable bonds is 23. The van der Waals surface area contributed by atoms with Gasteiger partial charge in [-0.25, -0.2) is 0 Å². The van der Waals surface area contributed by atoms with Gasteiger partial charge in [-0.15, -0.1) is 0 Å². The third-order valence-electron chi connectivity index (χ3n) is 9.62. The fraction of sp³-hybridized carbons (Fsp3) is 0.683. The summed E-state index contributed by atoms with van der Waals surface area (Å²) >= 11 is 0. The van der Waals surface area contributed by atoms with Crippen LogP contribution in [0.4, 0.5) is 0 Å². The molecule has 0 fully saturated rings. The normalized spacial score (nSPS) is 16.6. The van der Waals surface area contributed by atoms with Crippen molar-refractivity contribution in [2.24, 2.45) is 5.73 Å². The lowest BCUT2D eigenvalue weighted by molar-refractivity contribution is -0.120. The van der Waals surface area contributed by atoms with Crippen molar-refractivity contribution >= 4 is 5.78 Å². The molecule has 1 aliphatic heterocycles. The van der Waals surface area contributed by atoms with E-state index in [0.717, 1.165) is 82.0 Å². The van der Waals surface area contributed by atoms with Gasteiger partial charge in [0.25, 0.3) is 0 Å². The Morgan fingerprint density at radius 1 is 0.920 bits per heavy atom. The van der Waals surface area contributed by atoms with Gasteiger partial charge >= 0.3 is 0 Å². The lowest BCUT2D eigenvalue weighted by Crippen LogP contribution is -2.49. The highest BCUT2D eigenvalue weighted by Crippen LogP contribution is 2.45. The van der Waals surface area contributed by atoms with Crippen LogP contribution in [0.2, 0.25) is 0 Å². The number of nitrogens with one attached hydrogen (secondary N) is 3. The Balaban J connectivity index is 0.000000348. The molecule has 1 aliphatic rings. The first-order chi connectivity index (χ1) is 23.9. The van der Waals surface area contributed by atoms with Crippen LogP contribution < -0.4 is 31.2 Å². The number of phenolic OH excluding ortho intramolecular Hbond substituents is 1. The van der Waals surface area contributed by atoms with E-state index in [1.807, 2.05) is 26.0 Å². The fourth-order valence-electron chi connectivity index (χ4n) is 6.40. The molecule has 0 aromatic heterocycles. The number of hydrogen-bond donors (Lipinski definition) is 6. The summed E-state index contributed by atoms with van der Waals surface area (Å²) in [7, 11) is 1.56. The zero-order valence-corrected chi connectivity index (χ0v) is 32.3. The summed E-state index contributed by atoms with van der Waals surface area (Å²) in [5, 5.41) is 30.5. The highest BCUT2D eigenvalue weighted by molar-refractivity contribution is 5.77. The number of nitrogens with two attached hydrogens (primary N) is 1. The zero-order chi connectivity index (χ0) is 37.0. The molecule has 2 unspecified atom stereocenters. The van der Waals surface area contributed by atoms with Gasteiger partial charge in [0.15, 0.2) is 11.5 Å². The van der Waals surface area contributed by atoms with Gasteiger partial charge in [-0.1, -0.05) is 64.7 Å². The Morgan fingerprint density at radius 3 is 2.22 bits per heavy atom. The van der Waals surface area contributed by atoms with Crippen LogP contribution >= 0.6 is 0 Å².